The summed E-state index contributed by atoms with van der Waals surface area (Å²) in [7, 11) is 0. The third-order valence-corrected chi connectivity index (χ3v) is 5.40. The van der Waals surface area contributed by atoms with Crippen LogP contribution in [0.15, 0.2) is 67.3 Å². The van der Waals surface area contributed by atoms with Gasteiger partial charge in [-0.3, -0.25) is 9.88 Å². The van der Waals surface area contributed by atoms with Crippen LogP contribution in [0.25, 0.3) is 11.2 Å². The van der Waals surface area contributed by atoms with Crippen LogP contribution in [-0.2, 0) is 4.74 Å². The number of hydrogen-bond acceptors (Lipinski definition) is 7. The molecule has 0 bridgehead atoms. The van der Waals surface area contributed by atoms with E-state index in [0.29, 0.717) is 29.0 Å². The number of urea groups is 1. The number of amides is 2. The number of nitrogens with one attached hydrogen (secondary N) is 2. The van der Waals surface area contributed by atoms with Gasteiger partial charge in [0, 0.05) is 5.69 Å². The number of anilines is 2. The van der Waals surface area contributed by atoms with Gasteiger partial charge in [-0.25, -0.2) is 24.5 Å². The summed E-state index contributed by atoms with van der Waals surface area (Å²) in [6, 6.07) is 14.8. The standard InChI is InChI=1S/C25H26N6O5/c1-3-19(13-35-20-11-9-17(10-12-20)24(32)33)36-16(2)31-15-28-21-22(26-14-27-23(21)31)30-25(34)29-18-7-5-4-6-8-18/h4-12,14-16,19H,3,13H2,1-2H3,(H,32,33)(H2,26,27,29,30,34). The summed E-state index contributed by atoms with van der Waals surface area (Å²) >= 11 is 0. The van der Waals surface area contributed by atoms with Crippen molar-refractivity contribution >= 4 is 34.7 Å². The number of carbonyl (C=O) groups is 2. The summed E-state index contributed by atoms with van der Waals surface area (Å²) in [5.74, 6) is -0.156. The van der Waals surface area contributed by atoms with Crippen LogP contribution in [0.5, 0.6) is 5.75 Å². The summed E-state index contributed by atoms with van der Waals surface area (Å²) in [6.07, 6.45) is 2.95. The van der Waals surface area contributed by atoms with Crippen molar-refractivity contribution in [3.8, 4) is 5.75 Å². The average Bonchev–Trinajstić information content (AvgIpc) is 3.32. The van der Waals surface area contributed by atoms with E-state index in [2.05, 4.69) is 25.6 Å². The summed E-state index contributed by atoms with van der Waals surface area (Å²) < 4.78 is 13.7. The summed E-state index contributed by atoms with van der Waals surface area (Å²) in [6.45, 7) is 4.12. The predicted molar refractivity (Wildman–Crippen MR) is 133 cm³/mol. The molecule has 0 aliphatic heterocycles. The Morgan fingerprint density at radius 2 is 1.78 bits per heavy atom. The molecule has 0 spiro atoms. The Morgan fingerprint density at radius 3 is 2.47 bits per heavy atom. The number of carbonyl (C=O) groups excluding carboxylic acids is 1. The molecule has 2 aromatic heterocycles. The Hall–Kier alpha value is -4.51. The van der Waals surface area contributed by atoms with Crippen molar-refractivity contribution in [2.24, 2.45) is 0 Å². The largest absolute Gasteiger partial charge is 0.491 e. The molecule has 0 radical (unpaired) electrons. The zero-order chi connectivity index (χ0) is 25.5. The highest BCUT2D eigenvalue weighted by atomic mass is 16.5. The maximum Gasteiger partial charge on any atom is 0.335 e. The van der Waals surface area contributed by atoms with Gasteiger partial charge in [-0.05, 0) is 49.7 Å². The summed E-state index contributed by atoms with van der Waals surface area (Å²) in [4.78, 5) is 36.3. The second-order valence-electron chi connectivity index (χ2n) is 7.90. The molecule has 36 heavy (non-hydrogen) atoms. The molecule has 0 saturated carbocycles. The molecule has 0 fully saturated rings. The second-order valence-corrected chi connectivity index (χ2v) is 7.90. The Labute approximate surface area is 207 Å². The normalized spacial score (nSPS) is 12.6. The minimum absolute atomic E-state index is 0.194. The Bertz CT molecular complexity index is 1330. The molecule has 186 valence electrons. The fourth-order valence-electron chi connectivity index (χ4n) is 3.48. The highest BCUT2D eigenvalue weighted by Gasteiger charge is 2.19. The van der Waals surface area contributed by atoms with Gasteiger partial charge in [0.1, 0.15) is 24.9 Å². The van der Waals surface area contributed by atoms with Crippen molar-refractivity contribution in [1.29, 1.82) is 0 Å². The zero-order valence-corrected chi connectivity index (χ0v) is 19.8. The van der Waals surface area contributed by atoms with Gasteiger partial charge in [0.05, 0.1) is 18.0 Å². The van der Waals surface area contributed by atoms with E-state index in [9.17, 15) is 9.59 Å². The first kappa shape index (κ1) is 24.6. The third-order valence-electron chi connectivity index (χ3n) is 5.40. The van der Waals surface area contributed by atoms with Crippen LogP contribution in [-0.4, -0.2) is 49.3 Å². The fraction of sp³-hybridized carbons (Fsp3) is 0.240. The maximum atomic E-state index is 12.4. The molecule has 2 aromatic carbocycles. The minimum atomic E-state index is -0.989. The lowest BCUT2D eigenvalue weighted by Gasteiger charge is -2.22. The van der Waals surface area contributed by atoms with Crippen molar-refractivity contribution in [2.75, 3.05) is 17.2 Å². The number of aromatic carboxylic acids is 1. The van der Waals surface area contributed by atoms with Crippen LogP contribution in [0.1, 0.15) is 36.9 Å². The van der Waals surface area contributed by atoms with E-state index in [4.69, 9.17) is 14.6 Å². The van der Waals surface area contributed by atoms with Crippen LogP contribution in [0, 0.1) is 0 Å². The SMILES string of the molecule is CCC(COc1ccc(C(=O)O)cc1)OC(C)n1cnc2c(NC(=O)Nc3ccccc3)ncnc21. The first-order chi connectivity index (χ1) is 17.4. The second kappa shape index (κ2) is 11.3. The zero-order valence-electron chi connectivity index (χ0n) is 19.8. The van der Waals surface area contributed by atoms with E-state index >= 15 is 0 Å². The van der Waals surface area contributed by atoms with Gasteiger partial charge < -0.3 is 19.9 Å². The third kappa shape index (κ3) is 5.94. The van der Waals surface area contributed by atoms with Crippen molar-refractivity contribution in [2.45, 2.75) is 32.6 Å². The maximum absolute atomic E-state index is 12.4. The number of para-hydroxylation sites is 1. The molecular formula is C25H26N6O5. The first-order valence-corrected chi connectivity index (χ1v) is 11.4. The monoisotopic (exact) mass is 490 g/mol. The number of rotatable bonds is 10. The van der Waals surface area contributed by atoms with E-state index in [1.807, 2.05) is 32.0 Å². The van der Waals surface area contributed by atoms with E-state index in [-0.39, 0.29) is 24.1 Å². The molecule has 0 aliphatic rings. The molecule has 2 atom stereocenters. The summed E-state index contributed by atoms with van der Waals surface area (Å²) in [5, 5.41) is 14.5. The highest BCUT2D eigenvalue weighted by molar-refractivity contribution is 6.02. The predicted octanol–water partition coefficient (Wildman–Crippen LogP) is 4.56. The number of carboxylic acids is 1. The van der Waals surface area contributed by atoms with Gasteiger partial charge in [-0.1, -0.05) is 25.1 Å². The van der Waals surface area contributed by atoms with E-state index in [1.54, 1.807) is 35.2 Å². The van der Waals surface area contributed by atoms with Gasteiger partial charge in [0.25, 0.3) is 0 Å². The molecular weight excluding hydrogens is 464 g/mol. The number of ether oxygens (including phenoxy) is 2. The summed E-state index contributed by atoms with van der Waals surface area (Å²) in [5.41, 5.74) is 1.78. The molecule has 2 amide bonds. The van der Waals surface area contributed by atoms with Crippen molar-refractivity contribution in [3.63, 3.8) is 0 Å². The van der Waals surface area contributed by atoms with Crippen molar-refractivity contribution < 1.29 is 24.2 Å². The number of fused-ring (bicyclic) bond motifs is 1. The van der Waals surface area contributed by atoms with Crippen LogP contribution in [0.3, 0.4) is 0 Å². The lowest BCUT2D eigenvalue weighted by molar-refractivity contribution is -0.0603. The smallest absolute Gasteiger partial charge is 0.335 e. The Balaban J connectivity index is 1.40. The van der Waals surface area contributed by atoms with Gasteiger partial charge in [-0.2, -0.15) is 0 Å². The van der Waals surface area contributed by atoms with Crippen LogP contribution in [0.4, 0.5) is 16.3 Å². The number of carboxylic acid groups (broad SMARTS) is 1. The van der Waals surface area contributed by atoms with Gasteiger partial charge in [0.2, 0.25) is 0 Å². The lowest BCUT2D eigenvalue weighted by Crippen LogP contribution is -2.25. The van der Waals surface area contributed by atoms with Crippen molar-refractivity contribution in [1.82, 2.24) is 19.5 Å². The topological polar surface area (TPSA) is 140 Å². The first-order valence-electron chi connectivity index (χ1n) is 11.4. The molecule has 3 N–H and O–H groups in total. The average molecular weight is 491 g/mol. The molecule has 0 saturated heterocycles. The van der Waals surface area contributed by atoms with Gasteiger partial charge >= 0.3 is 12.0 Å². The molecule has 11 heteroatoms. The van der Waals surface area contributed by atoms with E-state index in [0.717, 1.165) is 0 Å². The van der Waals surface area contributed by atoms with Crippen molar-refractivity contribution in [3.05, 3.63) is 72.8 Å². The number of nitrogens with zero attached hydrogens (tertiary/aromatic N) is 4. The minimum Gasteiger partial charge on any atom is -0.491 e. The van der Waals surface area contributed by atoms with Gasteiger partial charge in [0.15, 0.2) is 17.0 Å². The molecule has 4 aromatic rings. The van der Waals surface area contributed by atoms with Crippen LogP contribution < -0.4 is 15.4 Å². The number of aromatic nitrogens is 4. The molecule has 4 rings (SSSR count). The van der Waals surface area contributed by atoms with E-state index < -0.39 is 18.2 Å². The Morgan fingerprint density at radius 1 is 1.03 bits per heavy atom. The lowest BCUT2D eigenvalue weighted by atomic mass is 10.2. The van der Waals surface area contributed by atoms with E-state index in [1.165, 1.54) is 18.5 Å². The quantitative estimate of drug-likeness (QED) is 0.294. The fourth-order valence-corrected chi connectivity index (χ4v) is 3.48. The molecule has 2 heterocycles. The molecule has 0 aliphatic carbocycles. The van der Waals surface area contributed by atoms with Gasteiger partial charge in [-0.15, -0.1) is 0 Å². The van der Waals surface area contributed by atoms with Crippen LogP contribution >= 0.6 is 0 Å². The number of benzene rings is 2. The molecule has 2 unspecified atom stereocenters. The van der Waals surface area contributed by atoms with Crippen LogP contribution in [0.2, 0.25) is 0 Å². The highest BCUT2D eigenvalue weighted by Crippen LogP contribution is 2.23. The Kier molecular flexibility index (Phi) is 7.71. The molecule has 11 nitrogen and oxygen atoms in total. The number of imidazole rings is 1. The number of hydrogen-bond donors (Lipinski definition) is 3.